The summed E-state index contributed by atoms with van der Waals surface area (Å²) in [4.78, 5) is 11.8. The molecule has 0 radical (unpaired) electrons. The Labute approximate surface area is 93.8 Å². The van der Waals surface area contributed by atoms with Gasteiger partial charge in [0.15, 0.2) is 6.29 Å². The first-order valence-electron chi connectivity index (χ1n) is 4.36. The second-order valence-electron chi connectivity index (χ2n) is 4.01. The maximum atomic E-state index is 10.8. The van der Waals surface area contributed by atoms with Gasteiger partial charge in [0.05, 0.1) is 0 Å². The SMILES string of the molecule is CC(C)(C)Sc1ccc(Cl)cc1C=O. The van der Waals surface area contributed by atoms with Gasteiger partial charge in [0.1, 0.15) is 0 Å². The molecule has 0 heterocycles. The van der Waals surface area contributed by atoms with Crippen LogP contribution in [0.3, 0.4) is 0 Å². The average Bonchev–Trinajstić information content (AvgIpc) is 2.06. The highest BCUT2D eigenvalue weighted by Gasteiger charge is 2.14. The number of aldehydes is 1. The smallest absolute Gasteiger partial charge is 0.151 e. The van der Waals surface area contributed by atoms with Crippen LogP contribution in [0.5, 0.6) is 0 Å². The van der Waals surface area contributed by atoms with E-state index in [2.05, 4.69) is 20.8 Å². The Bertz CT molecular complexity index is 342. The molecule has 0 atom stereocenters. The molecule has 0 amide bonds. The fourth-order valence-electron chi connectivity index (χ4n) is 1.03. The average molecular weight is 229 g/mol. The van der Waals surface area contributed by atoms with E-state index >= 15 is 0 Å². The van der Waals surface area contributed by atoms with Crippen LogP contribution in [0.1, 0.15) is 31.1 Å². The lowest BCUT2D eigenvalue weighted by atomic mass is 10.2. The molecule has 0 aliphatic heterocycles. The fraction of sp³-hybridized carbons (Fsp3) is 0.364. The molecule has 1 aromatic rings. The summed E-state index contributed by atoms with van der Waals surface area (Å²) in [5.74, 6) is 0. The van der Waals surface area contributed by atoms with Crippen molar-refractivity contribution >= 4 is 29.6 Å². The lowest BCUT2D eigenvalue weighted by molar-refractivity contribution is 0.112. The van der Waals surface area contributed by atoms with Gasteiger partial charge in [-0.3, -0.25) is 4.79 Å². The van der Waals surface area contributed by atoms with Crippen LogP contribution >= 0.6 is 23.4 Å². The van der Waals surface area contributed by atoms with Gasteiger partial charge in [0.2, 0.25) is 0 Å². The van der Waals surface area contributed by atoms with Crippen LogP contribution < -0.4 is 0 Å². The molecule has 0 aliphatic carbocycles. The number of rotatable bonds is 2. The van der Waals surface area contributed by atoms with Crippen molar-refractivity contribution in [1.82, 2.24) is 0 Å². The van der Waals surface area contributed by atoms with Gasteiger partial charge in [-0.1, -0.05) is 32.4 Å². The van der Waals surface area contributed by atoms with E-state index in [1.54, 1.807) is 17.8 Å². The van der Waals surface area contributed by atoms with Crippen molar-refractivity contribution in [3.63, 3.8) is 0 Å². The molecule has 0 aliphatic rings. The third-order valence-electron chi connectivity index (χ3n) is 1.51. The predicted molar refractivity (Wildman–Crippen MR) is 62.4 cm³/mol. The molecule has 1 rings (SSSR count). The summed E-state index contributed by atoms with van der Waals surface area (Å²) in [6.45, 7) is 6.34. The third kappa shape index (κ3) is 3.35. The van der Waals surface area contributed by atoms with Crippen molar-refractivity contribution in [2.75, 3.05) is 0 Å². The fourth-order valence-corrected chi connectivity index (χ4v) is 2.24. The molecule has 0 aromatic heterocycles. The van der Waals surface area contributed by atoms with Crippen LogP contribution in [0.2, 0.25) is 5.02 Å². The molecule has 1 nitrogen and oxygen atoms in total. The number of halogens is 1. The van der Waals surface area contributed by atoms with Crippen LogP contribution in [0.15, 0.2) is 23.1 Å². The van der Waals surface area contributed by atoms with E-state index < -0.39 is 0 Å². The van der Waals surface area contributed by atoms with Gasteiger partial charge >= 0.3 is 0 Å². The minimum atomic E-state index is 0.103. The van der Waals surface area contributed by atoms with E-state index in [1.807, 2.05) is 12.1 Å². The Kier molecular flexibility index (Phi) is 3.62. The van der Waals surface area contributed by atoms with Crippen LogP contribution in [-0.4, -0.2) is 11.0 Å². The van der Waals surface area contributed by atoms with E-state index in [4.69, 9.17) is 11.6 Å². The van der Waals surface area contributed by atoms with Crippen LogP contribution in [0.4, 0.5) is 0 Å². The van der Waals surface area contributed by atoms with E-state index in [1.165, 1.54) is 0 Å². The number of hydrogen-bond acceptors (Lipinski definition) is 2. The maximum Gasteiger partial charge on any atom is 0.151 e. The van der Waals surface area contributed by atoms with Crippen molar-refractivity contribution in [2.24, 2.45) is 0 Å². The molecule has 0 bridgehead atoms. The van der Waals surface area contributed by atoms with E-state index in [9.17, 15) is 4.79 Å². The van der Waals surface area contributed by atoms with E-state index in [-0.39, 0.29) is 4.75 Å². The van der Waals surface area contributed by atoms with Crippen molar-refractivity contribution in [2.45, 2.75) is 30.4 Å². The Balaban J connectivity index is 3.03. The second-order valence-corrected chi connectivity index (χ2v) is 6.32. The monoisotopic (exact) mass is 228 g/mol. The number of benzene rings is 1. The molecule has 76 valence electrons. The summed E-state index contributed by atoms with van der Waals surface area (Å²) in [6, 6.07) is 5.40. The molecule has 14 heavy (non-hydrogen) atoms. The molecule has 1 aromatic carbocycles. The zero-order valence-electron chi connectivity index (χ0n) is 8.50. The topological polar surface area (TPSA) is 17.1 Å². The molecular weight excluding hydrogens is 216 g/mol. The first kappa shape index (κ1) is 11.6. The largest absolute Gasteiger partial charge is 0.298 e. The van der Waals surface area contributed by atoms with Crippen LogP contribution in [0, 0.1) is 0 Å². The van der Waals surface area contributed by atoms with Crippen molar-refractivity contribution in [1.29, 1.82) is 0 Å². The molecule has 0 spiro atoms. The van der Waals surface area contributed by atoms with Gasteiger partial charge in [-0.2, -0.15) is 0 Å². The van der Waals surface area contributed by atoms with Gasteiger partial charge in [-0.25, -0.2) is 0 Å². The quantitative estimate of drug-likeness (QED) is 0.561. The summed E-state index contributed by atoms with van der Waals surface area (Å²) in [7, 11) is 0. The Hall–Kier alpha value is -0.470. The van der Waals surface area contributed by atoms with Crippen LogP contribution in [-0.2, 0) is 0 Å². The molecule has 0 fully saturated rings. The predicted octanol–water partition coefficient (Wildman–Crippen LogP) is 4.04. The highest BCUT2D eigenvalue weighted by Crippen LogP contribution is 2.34. The van der Waals surface area contributed by atoms with Crippen molar-refractivity contribution in [3.05, 3.63) is 28.8 Å². The molecule has 0 unspecified atom stereocenters. The minimum absolute atomic E-state index is 0.103. The molecule has 0 saturated heterocycles. The van der Waals surface area contributed by atoms with E-state index in [0.717, 1.165) is 11.2 Å². The molecule has 0 saturated carbocycles. The zero-order valence-corrected chi connectivity index (χ0v) is 10.1. The summed E-state index contributed by atoms with van der Waals surface area (Å²) < 4.78 is 0.103. The standard InChI is InChI=1S/C11H13ClOS/c1-11(2,3)14-10-5-4-9(12)6-8(10)7-13/h4-7H,1-3H3. The highest BCUT2D eigenvalue weighted by molar-refractivity contribution is 8.00. The molecule has 3 heteroatoms. The van der Waals surface area contributed by atoms with Gasteiger partial charge in [-0.05, 0) is 18.2 Å². The summed E-state index contributed by atoms with van der Waals surface area (Å²) in [6.07, 6.45) is 0.847. The van der Waals surface area contributed by atoms with Gasteiger partial charge in [0, 0.05) is 20.2 Å². The summed E-state index contributed by atoms with van der Waals surface area (Å²) >= 11 is 7.47. The minimum Gasteiger partial charge on any atom is -0.298 e. The lowest BCUT2D eigenvalue weighted by Crippen LogP contribution is -2.07. The first-order chi connectivity index (χ1) is 6.42. The van der Waals surface area contributed by atoms with Gasteiger partial charge in [0.25, 0.3) is 0 Å². The Morgan fingerprint density at radius 2 is 2.00 bits per heavy atom. The Morgan fingerprint density at radius 1 is 1.36 bits per heavy atom. The normalized spacial score (nSPS) is 11.4. The number of thioether (sulfide) groups is 1. The van der Waals surface area contributed by atoms with Gasteiger partial charge in [-0.15, -0.1) is 11.8 Å². The second kappa shape index (κ2) is 4.37. The summed E-state index contributed by atoms with van der Waals surface area (Å²) in [5.41, 5.74) is 0.664. The van der Waals surface area contributed by atoms with Crippen LogP contribution in [0.25, 0.3) is 0 Å². The van der Waals surface area contributed by atoms with Crippen molar-refractivity contribution < 1.29 is 4.79 Å². The molecular formula is C11H13ClOS. The van der Waals surface area contributed by atoms with Crippen molar-refractivity contribution in [3.8, 4) is 0 Å². The lowest BCUT2D eigenvalue weighted by Gasteiger charge is -2.18. The number of hydrogen-bond donors (Lipinski definition) is 0. The van der Waals surface area contributed by atoms with Gasteiger partial charge < -0.3 is 0 Å². The Morgan fingerprint density at radius 3 is 2.50 bits per heavy atom. The molecule has 0 N–H and O–H groups in total. The first-order valence-corrected chi connectivity index (χ1v) is 5.55. The number of carbonyl (C=O) groups excluding carboxylic acids is 1. The number of carbonyl (C=O) groups is 1. The van der Waals surface area contributed by atoms with E-state index in [0.29, 0.717) is 10.6 Å². The third-order valence-corrected chi connectivity index (χ3v) is 2.95. The maximum absolute atomic E-state index is 10.8. The zero-order chi connectivity index (χ0) is 10.8. The summed E-state index contributed by atoms with van der Waals surface area (Å²) in [5, 5.41) is 0.602. The highest BCUT2D eigenvalue weighted by atomic mass is 35.5.